The Morgan fingerprint density at radius 1 is 1.00 bits per heavy atom. The number of carbonyl (C=O) groups is 1. The van der Waals surface area contributed by atoms with Gasteiger partial charge in [0.15, 0.2) is 0 Å². The molecular formula is C19H23NO3. The molecule has 0 aliphatic rings. The molecule has 2 aromatic carbocycles. The number of aryl methyl sites for hydroxylation is 1. The molecule has 0 saturated heterocycles. The summed E-state index contributed by atoms with van der Waals surface area (Å²) in [6, 6.07) is 15.6. The van der Waals surface area contributed by atoms with E-state index in [1.165, 1.54) is 5.56 Å². The third kappa shape index (κ3) is 4.49. The zero-order chi connectivity index (χ0) is 16.7. The van der Waals surface area contributed by atoms with Crippen LogP contribution in [0.2, 0.25) is 0 Å². The minimum absolute atomic E-state index is 0.0531. The van der Waals surface area contributed by atoms with Gasteiger partial charge in [-0.15, -0.1) is 0 Å². The first-order valence-electron chi connectivity index (χ1n) is 7.71. The number of benzene rings is 2. The Labute approximate surface area is 137 Å². The highest BCUT2D eigenvalue weighted by Crippen LogP contribution is 2.28. The van der Waals surface area contributed by atoms with Crippen molar-refractivity contribution in [3.63, 3.8) is 0 Å². The predicted molar refractivity (Wildman–Crippen MR) is 91.2 cm³/mol. The minimum atomic E-state index is -0.181. The van der Waals surface area contributed by atoms with Gasteiger partial charge in [-0.3, -0.25) is 4.79 Å². The zero-order valence-electron chi connectivity index (χ0n) is 13.8. The Morgan fingerprint density at radius 3 is 2.17 bits per heavy atom. The Kier molecular flexibility index (Phi) is 6.03. The van der Waals surface area contributed by atoms with Gasteiger partial charge < -0.3 is 14.8 Å². The van der Waals surface area contributed by atoms with E-state index in [-0.39, 0.29) is 11.9 Å². The van der Waals surface area contributed by atoms with Crippen LogP contribution in [0.25, 0.3) is 0 Å². The lowest BCUT2D eigenvalue weighted by molar-refractivity contribution is 0.0932. The van der Waals surface area contributed by atoms with E-state index in [0.717, 1.165) is 12.8 Å². The average molecular weight is 313 g/mol. The van der Waals surface area contributed by atoms with Crippen molar-refractivity contribution in [2.75, 3.05) is 14.2 Å². The molecule has 0 heterocycles. The summed E-state index contributed by atoms with van der Waals surface area (Å²) in [4.78, 5) is 12.6. The number of hydrogen-bond acceptors (Lipinski definition) is 3. The van der Waals surface area contributed by atoms with Gasteiger partial charge in [-0.1, -0.05) is 36.4 Å². The second kappa shape index (κ2) is 8.22. The molecule has 2 aromatic rings. The highest BCUT2D eigenvalue weighted by Gasteiger charge is 2.19. The third-order valence-corrected chi connectivity index (χ3v) is 3.74. The lowest BCUT2D eigenvalue weighted by atomic mass is 10.1. The van der Waals surface area contributed by atoms with Crippen molar-refractivity contribution < 1.29 is 14.3 Å². The molecular weight excluding hydrogens is 290 g/mol. The summed E-state index contributed by atoms with van der Waals surface area (Å²) < 4.78 is 10.6. The molecule has 2 rings (SSSR count). The van der Waals surface area contributed by atoms with Gasteiger partial charge in [-0.05, 0) is 37.5 Å². The van der Waals surface area contributed by atoms with E-state index >= 15 is 0 Å². The molecule has 1 atom stereocenters. The molecule has 4 heteroatoms. The second-order valence-electron chi connectivity index (χ2n) is 5.44. The van der Waals surface area contributed by atoms with Gasteiger partial charge in [0.05, 0.1) is 14.2 Å². The van der Waals surface area contributed by atoms with E-state index < -0.39 is 0 Å². The van der Waals surface area contributed by atoms with Gasteiger partial charge in [-0.25, -0.2) is 0 Å². The summed E-state index contributed by atoms with van der Waals surface area (Å²) in [7, 11) is 3.09. The first-order chi connectivity index (χ1) is 11.2. The number of amides is 1. The van der Waals surface area contributed by atoms with Gasteiger partial charge in [0, 0.05) is 6.04 Å². The van der Waals surface area contributed by atoms with Gasteiger partial charge >= 0.3 is 0 Å². The summed E-state index contributed by atoms with van der Waals surface area (Å²) in [5.41, 5.74) is 1.70. The molecule has 0 aliphatic heterocycles. The topological polar surface area (TPSA) is 47.6 Å². The monoisotopic (exact) mass is 313 g/mol. The van der Waals surface area contributed by atoms with Crippen molar-refractivity contribution in [2.45, 2.75) is 25.8 Å². The second-order valence-corrected chi connectivity index (χ2v) is 5.44. The highest BCUT2D eigenvalue weighted by atomic mass is 16.5. The predicted octanol–water partition coefficient (Wildman–Crippen LogP) is 3.45. The van der Waals surface area contributed by atoms with Crippen LogP contribution in [0.5, 0.6) is 11.5 Å². The van der Waals surface area contributed by atoms with Crippen LogP contribution in [0.3, 0.4) is 0 Å². The first kappa shape index (κ1) is 16.9. The maximum absolute atomic E-state index is 12.6. The smallest absolute Gasteiger partial charge is 0.259 e. The fourth-order valence-corrected chi connectivity index (χ4v) is 2.47. The lowest BCUT2D eigenvalue weighted by Crippen LogP contribution is -2.33. The van der Waals surface area contributed by atoms with Crippen LogP contribution in [0, 0.1) is 0 Å². The Morgan fingerprint density at radius 2 is 1.61 bits per heavy atom. The van der Waals surface area contributed by atoms with Gasteiger partial charge in [-0.2, -0.15) is 0 Å². The Balaban J connectivity index is 2.01. The average Bonchev–Trinajstić information content (AvgIpc) is 2.59. The number of carbonyl (C=O) groups excluding carboxylic acids is 1. The minimum Gasteiger partial charge on any atom is -0.496 e. The highest BCUT2D eigenvalue weighted by molar-refractivity contribution is 5.99. The molecule has 0 radical (unpaired) electrons. The van der Waals surface area contributed by atoms with Crippen LogP contribution < -0.4 is 14.8 Å². The standard InChI is InChI=1S/C19H23NO3/c1-14(12-13-15-8-5-4-6-9-15)20-19(21)18-16(22-2)10-7-11-17(18)23-3/h4-11,14H,12-13H2,1-3H3,(H,20,21)/t14-/m0/s1. The SMILES string of the molecule is COc1cccc(OC)c1C(=O)N[C@@H](C)CCc1ccccc1. The van der Waals surface area contributed by atoms with Gasteiger partial charge in [0.1, 0.15) is 17.1 Å². The van der Waals surface area contributed by atoms with Gasteiger partial charge in [0.2, 0.25) is 0 Å². The zero-order valence-corrected chi connectivity index (χ0v) is 13.8. The summed E-state index contributed by atoms with van der Waals surface area (Å²) in [5.74, 6) is 0.842. The quantitative estimate of drug-likeness (QED) is 0.851. The Hall–Kier alpha value is -2.49. The first-order valence-corrected chi connectivity index (χ1v) is 7.71. The van der Waals surface area contributed by atoms with E-state index in [0.29, 0.717) is 17.1 Å². The van der Waals surface area contributed by atoms with E-state index in [4.69, 9.17) is 9.47 Å². The molecule has 4 nitrogen and oxygen atoms in total. The summed E-state index contributed by atoms with van der Waals surface area (Å²) in [6.07, 6.45) is 1.79. The fraction of sp³-hybridized carbons (Fsp3) is 0.316. The van der Waals surface area contributed by atoms with Crippen molar-refractivity contribution >= 4 is 5.91 Å². The summed E-state index contributed by atoms with van der Waals surface area (Å²) >= 11 is 0. The Bertz CT molecular complexity index is 618. The van der Waals surface area contributed by atoms with Crippen molar-refractivity contribution in [3.8, 4) is 11.5 Å². The third-order valence-electron chi connectivity index (χ3n) is 3.74. The number of rotatable bonds is 7. The number of nitrogens with one attached hydrogen (secondary N) is 1. The molecule has 0 bridgehead atoms. The van der Waals surface area contributed by atoms with Gasteiger partial charge in [0.25, 0.3) is 5.91 Å². The van der Waals surface area contributed by atoms with E-state index in [2.05, 4.69) is 17.4 Å². The molecule has 1 amide bonds. The number of hydrogen-bond donors (Lipinski definition) is 1. The largest absolute Gasteiger partial charge is 0.496 e. The van der Waals surface area contributed by atoms with E-state index in [1.807, 2.05) is 25.1 Å². The van der Waals surface area contributed by atoms with Crippen molar-refractivity contribution in [2.24, 2.45) is 0 Å². The normalized spacial score (nSPS) is 11.6. The van der Waals surface area contributed by atoms with Crippen molar-refractivity contribution in [1.82, 2.24) is 5.32 Å². The van der Waals surface area contributed by atoms with Crippen LogP contribution in [0.15, 0.2) is 48.5 Å². The molecule has 0 aliphatic carbocycles. The van der Waals surface area contributed by atoms with Crippen LogP contribution in [0.4, 0.5) is 0 Å². The maximum Gasteiger partial charge on any atom is 0.259 e. The fourth-order valence-electron chi connectivity index (χ4n) is 2.47. The van der Waals surface area contributed by atoms with Crippen molar-refractivity contribution in [3.05, 3.63) is 59.7 Å². The molecule has 0 spiro atoms. The van der Waals surface area contributed by atoms with Crippen LogP contribution in [0.1, 0.15) is 29.3 Å². The lowest BCUT2D eigenvalue weighted by Gasteiger charge is -2.17. The molecule has 1 N–H and O–H groups in total. The number of methoxy groups -OCH3 is 2. The molecule has 0 saturated carbocycles. The molecule has 0 unspecified atom stereocenters. The molecule has 122 valence electrons. The number of ether oxygens (including phenoxy) is 2. The molecule has 23 heavy (non-hydrogen) atoms. The molecule has 0 aromatic heterocycles. The summed E-state index contributed by atoms with van der Waals surface area (Å²) in [5, 5.41) is 3.02. The van der Waals surface area contributed by atoms with Crippen LogP contribution in [-0.2, 0) is 6.42 Å². The maximum atomic E-state index is 12.6. The van der Waals surface area contributed by atoms with E-state index in [9.17, 15) is 4.79 Å². The van der Waals surface area contributed by atoms with Crippen LogP contribution >= 0.6 is 0 Å². The van der Waals surface area contributed by atoms with Crippen molar-refractivity contribution in [1.29, 1.82) is 0 Å². The summed E-state index contributed by atoms with van der Waals surface area (Å²) in [6.45, 7) is 2.00. The molecule has 0 fully saturated rings. The van der Waals surface area contributed by atoms with E-state index in [1.54, 1.807) is 32.4 Å². The van der Waals surface area contributed by atoms with Crippen LogP contribution in [-0.4, -0.2) is 26.2 Å².